The molecule has 0 aromatic rings. The minimum atomic E-state index is -0.332. The zero-order chi connectivity index (χ0) is 9.50. The SMILES string of the molecule is OC12CCCC3C4CCC(C(Cl)C31)C42. The number of fused-ring (bicyclic) bond motifs is 1. The number of hydrogen-bond acceptors (Lipinski definition) is 1. The van der Waals surface area contributed by atoms with E-state index in [0.717, 1.165) is 18.3 Å². The van der Waals surface area contributed by atoms with Crippen LogP contribution in [0.5, 0.6) is 0 Å². The molecule has 0 saturated heterocycles. The van der Waals surface area contributed by atoms with Gasteiger partial charge < -0.3 is 5.11 Å². The fourth-order valence-electron chi connectivity index (χ4n) is 5.63. The van der Waals surface area contributed by atoms with Gasteiger partial charge in [0.25, 0.3) is 0 Å². The standard InChI is InChI=1S/C12H17ClO/c13-11-8-4-3-7-6-2-1-5-12(14,9(7)8)10(6)11/h6-11,14H,1-5H2. The van der Waals surface area contributed by atoms with Gasteiger partial charge >= 0.3 is 0 Å². The summed E-state index contributed by atoms with van der Waals surface area (Å²) in [6.07, 6.45) is 6.25. The summed E-state index contributed by atoms with van der Waals surface area (Å²) in [5.41, 5.74) is -0.332. The monoisotopic (exact) mass is 212 g/mol. The van der Waals surface area contributed by atoms with E-state index in [0.29, 0.717) is 23.1 Å². The molecule has 78 valence electrons. The summed E-state index contributed by atoms with van der Waals surface area (Å²) in [5, 5.41) is 11.1. The van der Waals surface area contributed by atoms with Crippen molar-refractivity contribution in [1.29, 1.82) is 0 Å². The van der Waals surface area contributed by atoms with E-state index in [1.54, 1.807) is 0 Å². The summed E-state index contributed by atoms with van der Waals surface area (Å²) < 4.78 is 0. The molecule has 0 spiro atoms. The van der Waals surface area contributed by atoms with Crippen LogP contribution in [0.2, 0.25) is 0 Å². The number of hydrogen-bond donors (Lipinski definition) is 1. The minimum Gasteiger partial charge on any atom is -0.389 e. The van der Waals surface area contributed by atoms with Crippen molar-refractivity contribution in [2.45, 2.75) is 43.1 Å². The van der Waals surface area contributed by atoms with Crippen molar-refractivity contribution < 1.29 is 5.11 Å². The molecule has 4 saturated carbocycles. The Balaban J connectivity index is 1.90. The Labute approximate surface area is 89.8 Å². The molecule has 14 heavy (non-hydrogen) atoms. The van der Waals surface area contributed by atoms with Crippen molar-refractivity contribution in [3.05, 3.63) is 0 Å². The molecule has 0 aromatic carbocycles. The predicted octanol–water partition coefficient (Wildman–Crippen LogP) is 2.41. The number of rotatable bonds is 0. The maximum absolute atomic E-state index is 10.8. The Morgan fingerprint density at radius 2 is 1.71 bits per heavy atom. The highest BCUT2D eigenvalue weighted by molar-refractivity contribution is 6.21. The van der Waals surface area contributed by atoms with Gasteiger partial charge in [-0.3, -0.25) is 0 Å². The molecule has 0 aliphatic heterocycles. The zero-order valence-electron chi connectivity index (χ0n) is 8.32. The van der Waals surface area contributed by atoms with Gasteiger partial charge in [0.1, 0.15) is 0 Å². The van der Waals surface area contributed by atoms with Crippen LogP contribution in [0.15, 0.2) is 0 Å². The van der Waals surface area contributed by atoms with Crippen LogP contribution in [0.1, 0.15) is 32.1 Å². The van der Waals surface area contributed by atoms with E-state index < -0.39 is 0 Å². The Bertz CT molecular complexity index is 288. The Morgan fingerprint density at radius 3 is 2.50 bits per heavy atom. The molecular weight excluding hydrogens is 196 g/mol. The number of alkyl halides is 1. The predicted molar refractivity (Wildman–Crippen MR) is 55.1 cm³/mol. The molecular formula is C12H17ClO. The van der Waals surface area contributed by atoms with Crippen molar-refractivity contribution in [3.8, 4) is 0 Å². The Hall–Kier alpha value is 0.250. The van der Waals surface area contributed by atoms with E-state index in [2.05, 4.69) is 0 Å². The fourth-order valence-corrected chi connectivity index (χ4v) is 6.31. The second-order valence-electron chi connectivity index (χ2n) is 5.95. The van der Waals surface area contributed by atoms with Crippen LogP contribution in [0.25, 0.3) is 0 Å². The molecule has 1 N–H and O–H groups in total. The molecule has 7 atom stereocenters. The topological polar surface area (TPSA) is 20.2 Å². The lowest BCUT2D eigenvalue weighted by molar-refractivity contribution is -0.0360. The van der Waals surface area contributed by atoms with Gasteiger partial charge in [-0.2, -0.15) is 0 Å². The van der Waals surface area contributed by atoms with Crippen LogP contribution < -0.4 is 0 Å². The zero-order valence-corrected chi connectivity index (χ0v) is 9.08. The van der Waals surface area contributed by atoms with Crippen LogP contribution in [0.4, 0.5) is 0 Å². The van der Waals surface area contributed by atoms with Gasteiger partial charge in [-0.15, -0.1) is 11.6 Å². The first-order valence-corrected chi connectivity index (χ1v) is 6.53. The van der Waals surface area contributed by atoms with E-state index in [1.165, 1.54) is 25.7 Å². The maximum Gasteiger partial charge on any atom is 0.0726 e. The summed E-state index contributed by atoms with van der Waals surface area (Å²) in [4.78, 5) is 0. The summed E-state index contributed by atoms with van der Waals surface area (Å²) in [6, 6.07) is 0. The number of halogens is 1. The molecule has 2 heteroatoms. The van der Waals surface area contributed by atoms with E-state index >= 15 is 0 Å². The molecule has 4 aliphatic carbocycles. The summed E-state index contributed by atoms with van der Waals surface area (Å²) in [5.74, 6) is 3.32. The Morgan fingerprint density at radius 1 is 1.00 bits per heavy atom. The lowest BCUT2D eigenvalue weighted by Gasteiger charge is -2.36. The lowest BCUT2D eigenvalue weighted by Crippen LogP contribution is -2.40. The molecule has 4 rings (SSSR count). The third-order valence-corrected chi connectivity index (χ3v) is 6.38. The average molecular weight is 213 g/mol. The van der Waals surface area contributed by atoms with E-state index in [9.17, 15) is 5.11 Å². The van der Waals surface area contributed by atoms with Gasteiger partial charge in [-0.05, 0) is 49.4 Å². The molecule has 4 aliphatic rings. The quantitative estimate of drug-likeness (QED) is 0.612. The second kappa shape index (κ2) is 2.32. The lowest BCUT2D eigenvalue weighted by atomic mass is 9.74. The van der Waals surface area contributed by atoms with Gasteiger partial charge in [0.05, 0.1) is 5.60 Å². The van der Waals surface area contributed by atoms with E-state index in [-0.39, 0.29) is 5.60 Å². The summed E-state index contributed by atoms with van der Waals surface area (Å²) in [7, 11) is 0. The van der Waals surface area contributed by atoms with Gasteiger partial charge in [0.15, 0.2) is 0 Å². The van der Waals surface area contributed by atoms with Gasteiger partial charge in [0, 0.05) is 11.3 Å². The van der Waals surface area contributed by atoms with Crippen LogP contribution >= 0.6 is 11.6 Å². The van der Waals surface area contributed by atoms with Crippen molar-refractivity contribution in [3.63, 3.8) is 0 Å². The molecule has 0 radical (unpaired) electrons. The molecule has 7 unspecified atom stereocenters. The van der Waals surface area contributed by atoms with Crippen LogP contribution in [0, 0.1) is 29.6 Å². The van der Waals surface area contributed by atoms with Gasteiger partial charge in [0.2, 0.25) is 0 Å². The van der Waals surface area contributed by atoms with Crippen LogP contribution in [-0.4, -0.2) is 16.1 Å². The average Bonchev–Trinajstić information content (AvgIpc) is 2.67. The first-order chi connectivity index (χ1) is 6.73. The fraction of sp³-hybridized carbons (Fsp3) is 1.00. The normalized spacial score (nSPS) is 69.0. The smallest absolute Gasteiger partial charge is 0.0726 e. The highest BCUT2D eigenvalue weighted by atomic mass is 35.5. The summed E-state index contributed by atoms with van der Waals surface area (Å²) in [6.45, 7) is 0. The molecule has 1 nitrogen and oxygen atoms in total. The van der Waals surface area contributed by atoms with E-state index in [1.807, 2.05) is 0 Å². The molecule has 4 bridgehead atoms. The van der Waals surface area contributed by atoms with Gasteiger partial charge in [-0.25, -0.2) is 0 Å². The first-order valence-electron chi connectivity index (χ1n) is 6.10. The minimum absolute atomic E-state index is 0.300. The molecule has 0 amide bonds. The summed E-state index contributed by atoms with van der Waals surface area (Å²) >= 11 is 6.53. The second-order valence-corrected chi connectivity index (χ2v) is 6.45. The Kier molecular flexibility index (Phi) is 1.40. The number of aliphatic hydroxyl groups is 1. The van der Waals surface area contributed by atoms with Crippen LogP contribution in [-0.2, 0) is 0 Å². The third-order valence-electron chi connectivity index (χ3n) is 5.79. The van der Waals surface area contributed by atoms with Gasteiger partial charge in [-0.1, -0.05) is 6.42 Å². The van der Waals surface area contributed by atoms with Crippen molar-refractivity contribution >= 4 is 11.6 Å². The van der Waals surface area contributed by atoms with Crippen molar-refractivity contribution in [1.82, 2.24) is 0 Å². The van der Waals surface area contributed by atoms with Crippen molar-refractivity contribution in [2.24, 2.45) is 29.6 Å². The first kappa shape index (κ1) is 8.41. The molecule has 4 fully saturated rings. The van der Waals surface area contributed by atoms with Crippen molar-refractivity contribution in [2.75, 3.05) is 0 Å². The van der Waals surface area contributed by atoms with Crippen LogP contribution in [0.3, 0.4) is 0 Å². The highest BCUT2D eigenvalue weighted by Crippen LogP contribution is 2.72. The maximum atomic E-state index is 10.8. The largest absolute Gasteiger partial charge is 0.389 e. The molecule has 0 aromatic heterocycles. The highest BCUT2D eigenvalue weighted by Gasteiger charge is 2.73. The third kappa shape index (κ3) is 0.666. The molecule has 0 heterocycles. The van der Waals surface area contributed by atoms with E-state index in [4.69, 9.17) is 11.6 Å².